The SMILES string of the molecule is C/C(=N\NC(=O)CCCN1C(=O)c2ccccc2C1=O)c1ccccc1O. The van der Waals surface area contributed by atoms with Gasteiger partial charge in [0.1, 0.15) is 5.75 Å². The van der Waals surface area contributed by atoms with Crippen LogP contribution in [0.1, 0.15) is 46.0 Å². The Morgan fingerprint density at radius 2 is 1.63 bits per heavy atom. The average molecular weight is 365 g/mol. The number of carbonyl (C=O) groups excluding carboxylic acids is 3. The molecule has 0 bridgehead atoms. The highest BCUT2D eigenvalue weighted by Crippen LogP contribution is 2.22. The van der Waals surface area contributed by atoms with Crippen LogP contribution in [0.25, 0.3) is 0 Å². The normalized spacial score (nSPS) is 13.7. The second-order valence-electron chi connectivity index (χ2n) is 6.16. The lowest BCUT2D eigenvalue weighted by atomic mass is 10.1. The minimum Gasteiger partial charge on any atom is -0.507 e. The summed E-state index contributed by atoms with van der Waals surface area (Å²) < 4.78 is 0. The van der Waals surface area contributed by atoms with Gasteiger partial charge >= 0.3 is 0 Å². The van der Waals surface area contributed by atoms with Crippen LogP contribution in [0.5, 0.6) is 5.75 Å². The Morgan fingerprint density at radius 3 is 2.26 bits per heavy atom. The Labute approximate surface area is 156 Å². The van der Waals surface area contributed by atoms with Crippen molar-refractivity contribution in [2.45, 2.75) is 19.8 Å². The highest BCUT2D eigenvalue weighted by molar-refractivity contribution is 6.21. The van der Waals surface area contributed by atoms with Crippen molar-refractivity contribution in [2.75, 3.05) is 6.54 Å². The Bertz CT molecular complexity index is 901. The van der Waals surface area contributed by atoms with Gasteiger partial charge in [-0.2, -0.15) is 5.10 Å². The molecule has 27 heavy (non-hydrogen) atoms. The number of nitrogens with zero attached hydrogens (tertiary/aromatic N) is 2. The van der Waals surface area contributed by atoms with E-state index in [4.69, 9.17) is 0 Å². The third-order valence-corrected chi connectivity index (χ3v) is 4.31. The lowest BCUT2D eigenvalue weighted by Crippen LogP contribution is -2.31. The van der Waals surface area contributed by atoms with Crippen molar-refractivity contribution in [3.05, 3.63) is 65.2 Å². The van der Waals surface area contributed by atoms with Gasteiger partial charge in [-0.05, 0) is 37.6 Å². The molecule has 2 aromatic rings. The van der Waals surface area contributed by atoms with E-state index in [0.29, 0.717) is 28.8 Å². The van der Waals surface area contributed by atoms with Crippen molar-refractivity contribution in [3.8, 4) is 5.75 Å². The van der Waals surface area contributed by atoms with Crippen molar-refractivity contribution < 1.29 is 19.5 Å². The molecular formula is C20H19N3O4. The van der Waals surface area contributed by atoms with Crippen LogP contribution < -0.4 is 5.43 Å². The molecule has 0 radical (unpaired) electrons. The molecule has 3 rings (SSSR count). The molecule has 0 saturated carbocycles. The van der Waals surface area contributed by atoms with Gasteiger partial charge in [-0.15, -0.1) is 0 Å². The summed E-state index contributed by atoms with van der Waals surface area (Å²) >= 11 is 0. The summed E-state index contributed by atoms with van der Waals surface area (Å²) in [5.74, 6) is -0.908. The van der Waals surface area contributed by atoms with Crippen molar-refractivity contribution in [1.82, 2.24) is 10.3 Å². The van der Waals surface area contributed by atoms with Crippen molar-refractivity contribution >= 4 is 23.4 Å². The van der Waals surface area contributed by atoms with E-state index >= 15 is 0 Å². The van der Waals surface area contributed by atoms with Gasteiger partial charge in [0.05, 0.1) is 16.8 Å². The van der Waals surface area contributed by atoms with E-state index in [-0.39, 0.29) is 36.4 Å². The molecule has 0 aliphatic carbocycles. The molecule has 0 unspecified atom stereocenters. The van der Waals surface area contributed by atoms with Crippen LogP contribution >= 0.6 is 0 Å². The molecule has 3 amide bonds. The summed E-state index contributed by atoms with van der Waals surface area (Å²) in [5, 5.41) is 13.7. The first-order valence-electron chi connectivity index (χ1n) is 8.55. The number of rotatable bonds is 6. The van der Waals surface area contributed by atoms with Gasteiger partial charge in [-0.25, -0.2) is 5.43 Å². The zero-order chi connectivity index (χ0) is 19.4. The van der Waals surface area contributed by atoms with Gasteiger partial charge in [0, 0.05) is 18.5 Å². The number of nitrogens with one attached hydrogen (secondary N) is 1. The number of aromatic hydroxyl groups is 1. The zero-order valence-electron chi connectivity index (χ0n) is 14.8. The van der Waals surface area contributed by atoms with Crippen molar-refractivity contribution in [3.63, 3.8) is 0 Å². The number of carbonyl (C=O) groups is 3. The second-order valence-corrected chi connectivity index (χ2v) is 6.16. The molecule has 7 heteroatoms. The van der Waals surface area contributed by atoms with Crippen molar-refractivity contribution in [2.24, 2.45) is 5.10 Å². The first kappa shape index (κ1) is 18.3. The number of fused-ring (bicyclic) bond motifs is 1. The van der Waals surface area contributed by atoms with Crippen LogP contribution in [0.4, 0.5) is 0 Å². The standard InChI is InChI=1S/C20H19N3O4/c1-13(14-7-4-5-10-17(14)24)21-22-18(25)11-6-12-23-19(26)15-8-2-3-9-16(15)20(23)27/h2-5,7-10,24H,6,11-12H2,1H3,(H,22,25)/b21-13+. The fraction of sp³-hybridized carbons (Fsp3) is 0.200. The monoisotopic (exact) mass is 365 g/mol. The summed E-state index contributed by atoms with van der Waals surface area (Å²) in [5.41, 5.74) is 4.22. The van der Waals surface area contributed by atoms with Crippen LogP contribution in [0, 0.1) is 0 Å². The first-order valence-corrected chi connectivity index (χ1v) is 8.55. The highest BCUT2D eigenvalue weighted by Gasteiger charge is 2.34. The second kappa shape index (κ2) is 7.82. The lowest BCUT2D eigenvalue weighted by molar-refractivity contribution is -0.121. The predicted octanol–water partition coefficient (Wildman–Crippen LogP) is 2.31. The molecule has 0 fully saturated rings. The Hall–Kier alpha value is -3.48. The molecule has 1 aliphatic rings. The van der Waals surface area contributed by atoms with E-state index in [9.17, 15) is 19.5 Å². The number of benzene rings is 2. The topological polar surface area (TPSA) is 99.1 Å². The number of para-hydroxylation sites is 1. The molecular weight excluding hydrogens is 346 g/mol. The summed E-state index contributed by atoms with van der Waals surface area (Å²) in [4.78, 5) is 37.6. The maximum atomic E-state index is 12.2. The number of phenols is 1. The average Bonchev–Trinajstić information content (AvgIpc) is 2.91. The summed E-state index contributed by atoms with van der Waals surface area (Å²) in [7, 11) is 0. The minimum atomic E-state index is -0.332. The third-order valence-electron chi connectivity index (χ3n) is 4.31. The van der Waals surface area contributed by atoms with Crippen LogP contribution in [-0.4, -0.2) is 40.0 Å². The quantitative estimate of drug-likeness (QED) is 0.466. The maximum Gasteiger partial charge on any atom is 0.261 e. The van der Waals surface area contributed by atoms with Gasteiger partial charge in [0.25, 0.3) is 11.8 Å². The Balaban J connectivity index is 1.51. The van der Waals surface area contributed by atoms with Gasteiger partial charge in [-0.3, -0.25) is 19.3 Å². The predicted molar refractivity (Wildman–Crippen MR) is 99.5 cm³/mol. The van der Waals surface area contributed by atoms with E-state index in [2.05, 4.69) is 10.5 Å². The van der Waals surface area contributed by atoms with Crippen LogP contribution in [0.15, 0.2) is 53.6 Å². The molecule has 1 heterocycles. The maximum absolute atomic E-state index is 12.2. The zero-order valence-corrected chi connectivity index (χ0v) is 14.8. The van der Waals surface area contributed by atoms with Crippen molar-refractivity contribution in [1.29, 1.82) is 0 Å². The van der Waals surface area contributed by atoms with E-state index < -0.39 is 0 Å². The number of amides is 3. The molecule has 0 saturated heterocycles. The van der Waals surface area contributed by atoms with Gasteiger partial charge in [0.15, 0.2) is 0 Å². The van der Waals surface area contributed by atoms with E-state index in [1.54, 1.807) is 49.4 Å². The van der Waals surface area contributed by atoms with Crippen LogP contribution in [0.2, 0.25) is 0 Å². The minimum absolute atomic E-state index is 0.0821. The fourth-order valence-corrected chi connectivity index (χ4v) is 2.88. The lowest BCUT2D eigenvalue weighted by Gasteiger charge is -2.13. The van der Waals surface area contributed by atoms with E-state index in [1.807, 2.05) is 0 Å². The molecule has 138 valence electrons. The smallest absolute Gasteiger partial charge is 0.261 e. The summed E-state index contributed by atoms with van der Waals surface area (Å²) in [6, 6.07) is 13.4. The number of hydrogen-bond acceptors (Lipinski definition) is 5. The van der Waals surface area contributed by atoms with Crippen LogP contribution in [-0.2, 0) is 4.79 Å². The molecule has 1 aliphatic heterocycles. The number of hydrogen-bond donors (Lipinski definition) is 2. The molecule has 2 N–H and O–H groups in total. The Morgan fingerprint density at radius 1 is 1.04 bits per heavy atom. The number of hydrazone groups is 1. The summed E-state index contributed by atoms with van der Waals surface area (Å²) in [6.45, 7) is 1.84. The molecule has 0 spiro atoms. The Kier molecular flexibility index (Phi) is 5.30. The fourth-order valence-electron chi connectivity index (χ4n) is 2.88. The largest absolute Gasteiger partial charge is 0.507 e. The molecule has 7 nitrogen and oxygen atoms in total. The number of phenolic OH excluding ortho intramolecular Hbond substituents is 1. The molecule has 0 aromatic heterocycles. The van der Waals surface area contributed by atoms with Crippen LogP contribution in [0.3, 0.4) is 0 Å². The number of imide groups is 1. The van der Waals surface area contributed by atoms with Gasteiger partial charge in [-0.1, -0.05) is 24.3 Å². The molecule has 2 aromatic carbocycles. The van der Waals surface area contributed by atoms with Gasteiger partial charge in [0.2, 0.25) is 5.91 Å². The highest BCUT2D eigenvalue weighted by atomic mass is 16.3. The first-order chi connectivity index (χ1) is 13.0. The van der Waals surface area contributed by atoms with Gasteiger partial charge < -0.3 is 5.11 Å². The summed E-state index contributed by atoms with van der Waals surface area (Å²) in [6.07, 6.45) is 0.452. The van der Waals surface area contributed by atoms with E-state index in [0.717, 1.165) is 4.90 Å². The third kappa shape index (κ3) is 3.87. The molecule has 0 atom stereocenters. The van der Waals surface area contributed by atoms with E-state index in [1.165, 1.54) is 6.07 Å².